The first-order valence-corrected chi connectivity index (χ1v) is 5.31. The van der Waals surface area contributed by atoms with Crippen LogP contribution in [-0.4, -0.2) is 24.9 Å². The maximum absolute atomic E-state index is 9.53. The first-order chi connectivity index (χ1) is 6.17. The van der Waals surface area contributed by atoms with E-state index in [0.29, 0.717) is 5.92 Å². The van der Waals surface area contributed by atoms with Crippen LogP contribution < -0.4 is 0 Å². The van der Waals surface area contributed by atoms with Crippen LogP contribution in [0.3, 0.4) is 0 Å². The van der Waals surface area contributed by atoms with Gasteiger partial charge in [-0.2, -0.15) is 0 Å². The Bertz CT molecular complexity index is 156. The van der Waals surface area contributed by atoms with E-state index in [2.05, 4.69) is 13.8 Å². The summed E-state index contributed by atoms with van der Waals surface area (Å²) in [6.45, 7) is 4.64. The fourth-order valence-corrected chi connectivity index (χ4v) is 2.61. The summed E-state index contributed by atoms with van der Waals surface area (Å²) < 4.78 is 5.50. The number of hydrogen-bond donors (Lipinski definition) is 1. The lowest BCUT2D eigenvalue weighted by molar-refractivity contribution is -0.0967. The number of aliphatic hydroxyl groups excluding tert-OH is 1. The SMILES string of the molecule is COC1CCCCC1(CO)C(C)C. The molecule has 0 heterocycles. The molecule has 1 aliphatic rings. The van der Waals surface area contributed by atoms with Crippen molar-refractivity contribution in [2.75, 3.05) is 13.7 Å². The number of aliphatic hydroxyl groups is 1. The number of hydrogen-bond acceptors (Lipinski definition) is 2. The predicted octanol–water partition coefficient (Wildman–Crippen LogP) is 2.21. The molecule has 13 heavy (non-hydrogen) atoms. The summed E-state index contributed by atoms with van der Waals surface area (Å²) in [5.41, 5.74) is 0.0208. The summed E-state index contributed by atoms with van der Waals surface area (Å²) in [4.78, 5) is 0. The van der Waals surface area contributed by atoms with Crippen molar-refractivity contribution in [2.45, 2.75) is 45.6 Å². The van der Waals surface area contributed by atoms with Gasteiger partial charge in [0.25, 0.3) is 0 Å². The molecule has 2 heteroatoms. The van der Waals surface area contributed by atoms with E-state index >= 15 is 0 Å². The Morgan fingerprint density at radius 2 is 2.15 bits per heavy atom. The summed E-state index contributed by atoms with van der Waals surface area (Å²) in [5, 5.41) is 9.53. The van der Waals surface area contributed by atoms with Crippen LogP contribution in [0.5, 0.6) is 0 Å². The first kappa shape index (κ1) is 11.0. The lowest BCUT2D eigenvalue weighted by Gasteiger charge is -2.45. The quantitative estimate of drug-likeness (QED) is 0.732. The molecule has 1 fully saturated rings. The van der Waals surface area contributed by atoms with Gasteiger partial charge in [0.2, 0.25) is 0 Å². The van der Waals surface area contributed by atoms with Crippen molar-refractivity contribution in [1.82, 2.24) is 0 Å². The van der Waals surface area contributed by atoms with Gasteiger partial charge in [-0.1, -0.05) is 26.7 Å². The predicted molar refractivity (Wildman–Crippen MR) is 53.6 cm³/mol. The minimum Gasteiger partial charge on any atom is -0.396 e. The summed E-state index contributed by atoms with van der Waals surface area (Å²) in [7, 11) is 1.77. The van der Waals surface area contributed by atoms with Crippen LogP contribution >= 0.6 is 0 Å². The van der Waals surface area contributed by atoms with E-state index < -0.39 is 0 Å². The maximum Gasteiger partial charge on any atom is 0.0651 e. The van der Waals surface area contributed by atoms with Crippen molar-refractivity contribution in [3.8, 4) is 0 Å². The zero-order chi connectivity index (χ0) is 9.90. The molecule has 0 aromatic rings. The van der Waals surface area contributed by atoms with Gasteiger partial charge >= 0.3 is 0 Å². The number of rotatable bonds is 3. The van der Waals surface area contributed by atoms with Crippen molar-refractivity contribution >= 4 is 0 Å². The van der Waals surface area contributed by atoms with Gasteiger partial charge < -0.3 is 9.84 Å². The molecule has 2 atom stereocenters. The molecule has 0 spiro atoms. The van der Waals surface area contributed by atoms with Crippen LogP contribution in [0.15, 0.2) is 0 Å². The van der Waals surface area contributed by atoms with Gasteiger partial charge in [0.05, 0.1) is 12.7 Å². The highest BCUT2D eigenvalue weighted by atomic mass is 16.5. The van der Waals surface area contributed by atoms with E-state index in [1.165, 1.54) is 12.8 Å². The van der Waals surface area contributed by atoms with Crippen LogP contribution in [0, 0.1) is 11.3 Å². The summed E-state index contributed by atoms with van der Waals surface area (Å²) >= 11 is 0. The van der Waals surface area contributed by atoms with Gasteiger partial charge in [0.1, 0.15) is 0 Å². The maximum atomic E-state index is 9.53. The van der Waals surface area contributed by atoms with Crippen LogP contribution in [-0.2, 0) is 4.74 Å². The normalized spacial score (nSPS) is 35.3. The summed E-state index contributed by atoms with van der Waals surface area (Å²) in [6, 6.07) is 0. The molecule has 0 aromatic carbocycles. The van der Waals surface area contributed by atoms with Crippen LogP contribution in [0.4, 0.5) is 0 Å². The average Bonchev–Trinajstić information content (AvgIpc) is 2.17. The molecule has 0 amide bonds. The Hall–Kier alpha value is -0.0800. The Labute approximate surface area is 81.3 Å². The molecule has 1 saturated carbocycles. The molecule has 1 rings (SSSR count). The van der Waals surface area contributed by atoms with Crippen molar-refractivity contribution in [3.05, 3.63) is 0 Å². The first-order valence-electron chi connectivity index (χ1n) is 5.31. The van der Waals surface area contributed by atoms with Crippen LogP contribution in [0.25, 0.3) is 0 Å². The van der Waals surface area contributed by atoms with Gasteiger partial charge in [-0.15, -0.1) is 0 Å². The second-order valence-corrected chi connectivity index (χ2v) is 4.52. The molecule has 1 aliphatic carbocycles. The van der Waals surface area contributed by atoms with Crippen molar-refractivity contribution < 1.29 is 9.84 Å². The van der Waals surface area contributed by atoms with Gasteiger partial charge in [-0.3, -0.25) is 0 Å². The molecule has 0 radical (unpaired) electrons. The molecule has 0 bridgehead atoms. The highest BCUT2D eigenvalue weighted by Crippen LogP contribution is 2.43. The molecule has 0 aliphatic heterocycles. The number of methoxy groups -OCH3 is 1. The zero-order valence-electron chi connectivity index (χ0n) is 9.05. The van der Waals surface area contributed by atoms with Crippen LogP contribution in [0.1, 0.15) is 39.5 Å². The van der Waals surface area contributed by atoms with Crippen molar-refractivity contribution in [2.24, 2.45) is 11.3 Å². The molecule has 78 valence electrons. The summed E-state index contributed by atoms with van der Waals surface area (Å²) in [5.74, 6) is 0.503. The van der Waals surface area contributed by atoms with E-state index in [1.54, 1.807) is 7.11 Å². The Kier molecular flexibility index (Phi) is 3.74. The minimum absolute atomic E-state index is 0.0208. The molecule has 1 N–H and O–H groups in total. The fraction of sp³-hybridized carbons (Fsp3) is 1.00. The largest absolute Gasteiger partial charge is 0.396 e. The molecule has 2 nitrogen and oxygen atoms in total. The third-order valence-electron chi connectivity index (χ3n) is 3.73. The highest BCUT2D eigenvalue weighted by molar-refractivity contribution is 4.92. The second kappa shape index (κ2) is 4.43. The summed E-state index contributed by atoms with van der Waals surface area (Å²) in [6.07, 6.45) is 4.95. The molecular formula is C11H22O2. The third-order valence-corrected chi connectivity index (χ3v) is 3.73. The van der Waals surface area contributed by atoms with E-state index in [1.807, 2.05) is 0 Å². The molecule has 0 aromatic heterocycles. The van der Waals surface area contributed by atoms with Gasteiger partial charge in [0.15, 0.2) is 0 Å². The fourth-order valence-electron chi connectivity index (χ4n) is 2.61. The molecule has 2 unspecified atom stereocenters. The smallest absolute Gasteiger partial charge is 0.0651 e. The van der Waals surface area contributed by atoms with E-state index in [4.69, 9.17) is 4.74 Å². The van der Waals surface area contributed by atoms with Crippen molar-refractivity contribution in [3.63, 3.8) is 0 Å². The third kappa shape index (κ3) is 1.89. The second-order valence-electron chi connectivity index (χ2n) is 4.52. The highest BCUT2D eigenvalue weighted by Gasteiger charge is 2.42. The molecule has 0 saturated heterocycles. The topological polar surface area (TPSA) is 29.5 Å². The monoisotopic (exact) mass is 186 g/mol. The molecular weight excluding hydrogens is 164 g/mol. The lowest BCUT2D eigenvalue weighted by atomic mass is 9.65. The Morgan fingerprint density at radius 1 is 1.46 bits per heavy atom. The van der Waals surface area contributed by atoms with Gasteiger partial charge in [-0.05, 0) is 18.8 Å². The van der Waals surface area contributed by atoms with E-state index in [0.717, 1.165) is 12.8 Å². The average molecular weight is 186 g/mol. The van der Waals surface area contributed by atoms with Crippen molar-refractivity contribution in [1.29, 1.82) is 0 Å². The zero-order valence-corrected chi connectivity index (χ0v) is 9.05. The standard InChI is InChI=1S/C11H22O2/c1-9(2)11(8-12)7-5-4-6-10(11)13-3/h9-10,12H,4-8H2,1-3H3. The van der Waals surface area contributed by atoms with Gasteiger partial charge in [0, 0.05) is 12.5 Å². The minimum atomic E-state index is 0.0208. The lowest BCUT2D eigenvalue weighted by Crippen LogP contribution is -2.46. The van der Waals surface area contributed by atoms with Gasteiger partial charge in [-0.25, -0.2) is 0 Å². The van der Waals surface area contributed by atoms with E-state index in [-0.39, 0.29) is 18.1 Å². The number of ether oxygens (including phenoxy) is 1. The Morgan fingerprint density at radius 3 is 2.54 bits per heavy atom. The van der Waals surface area contributed by atoms with Crippen LogP contribution in [0.2, 0.25) is 0 Å². The van der Waals surface area contributed by atoms with E-state index in [9.17, 15) is 5.11 Å². The Balaban J connectivity index is 2.78.